The number of aromatic nitrogens is 5. The number of hydrogen-bond acceptors (Lipinski definition) is 11. The van der Waals surface area contributed by atoms with E-state index in [1.807, 2.05) is 24.3 Å². The van der Waals surface area contributed by atoms with Crippen LogP contribution in [0.4, 0.5) is 21.8 Å². The van der Waals surface area contributed by atoms with E-state index in [1.54, 1.807) is 18.2 Å². The van der Waals surface area contributed by atoms with Crippen molar-refractivity contribution in [1.29, 1.82) is 0 Å². The van der Waals surface area contributed by atoms with Crippen molar-refractivity contribution in [3.8, 4) is 0 Å². The van der Waals surface area contributed by atoms with Crippen LogP contribution >= 0.6 is 22.7 Å². The van der Waals surface area contributed by atoms with Gasteiger partial charge in [0.2, 0.25) is 22.1 Å². The Morgan fingerprint density at radius 2 is 1.58 bits per heavy atom. The van der Waals surface area contributed by atoms with Crippen LogP contribution in [-0.2, 0) is 22.4 Å². The molecule has 1 saturated carbocycles. The summed E-state index contributed by atoms with van der Waals surface area (Å²) in [6, 6.07) is 12.9. The molecule has 1 aromatic carbocycles. The molecule has 4 aromatic rings. The number of carbonyl (C=O) groups excluding carboxylic acids is 2. The van der Waals surface area contributed by atoms with Gasteiger partial charge in [0.05, 0.1) is 25.1 Å². The molecule has 12 nitrogen and oxygen atoms in total. The molecule has 3 aromatic heterocycles. The van der Waals surface area contributed by atoms with E-state index >= 15 is 0 Å². The molecule has 1 aliphatic heterocycles. The van der Waals surface area contributed by atoms with Gasteiger partial charge in [0, 0.05) is 31.0 Å². The first-order valence-electron chi connectivity index (χ1n) is 14.1. The number of anilines is 3. The second-order valence-corrected chi connectivity index (χ2v) is 12.9. The molecule has 220 valence electrons. The monoisotopic (exact) mass is 614 g/mol. The summed E-state index contributed by atoms with van der Waals surface area (Å²) in [6.45, 7) is 8.69. The summed E-state index contributed by atoms with van der Waals surface area (Å²) < 4.78 is 0. The molecular weight excluding hydrogens is 585 g/mol. The van der Waals surface area contributed by atoms with Gasteiger partial charge in [-0.05, 0) is 37.0 Å². The predicted molar refractivity (Wildman–Crippen MR) is 166 cm³/mol. The van der Waals surface area contributed by atoms with E-state index in [0.717, 1.165) is 60.2 Å². The lowest BCUT2D eigenvalue weighted by Crippen LogP contribution is -2.56. The minimum atomic E-state index is -0.195. The average Bonchev–Trinajstić information content (AvgIpc) is 3.65. The summed E-state index contributed by atoms with van der Waals surface area (Å²) >= 11 is 2.81. The molecule has 4 heterocycles. The van der Waals surface area contributed by atoms with Gasteiger partial charge in [-0.3, -0.25) is 9.59 Å². The van der Waals surface area contributed by atoms with Crippen molar-refractivity contribution in [2.45, 2.75) is 56.4 Å². The maximum absolute atomic E-state index is 12.7. The predicted octanol–water partition coefficient (Wildman–Crippen LogP) is 4.29. The highest BCUT2D eigenvalue weighted by Crippen LogP contribution is 2.43. The van der Waals surface area contributed by atoms with Crippen LogP contribution in [0.1, 0.15) is 58.8 Å². The largest absolute Gasteiger partial charge is 0.353 e. The lowest BCUT2D eigenvalue weighted by molar-refractivity contribution is -0.116. The van der Waals surface area contributed by atoms with Crippen molar-refractivity contribution in [1.82, 2.24) is 25.4 Å². The van der Waals surface area contributed by atoms with E-state index in [1.165, 1.54) is 22.7 Å². The Bertz CT molecular complexity index is 1660. The van der Waals surface area contributed by atoms with Crippen LogP contribution in [0.5, 0.6) is 0 Å². The molecule has 2 atom stereocenters. The minimum Gasteiger partial charge on any atom is -0.353 e. The summed E-state index contributed by atoms with van der Waals surface area (Å²) in [5.41, 5.74) is 7.85. The Hall–Kier alpha value is -4.32. The van der Waals surface area contributed by atoms with Crippen LogP contribution in [0.3, 0.4) is 0 Å². The van der Waals surface area contributed by atoms with Crippen molar-refractivity contribution < 1.29 is 9.59 Å². The van der Waals surface area contributed by atoms with Crippen molar-refractivity contribution in [2.75, 3.05) is 28.6 Å². The zero-order chi connectivity index (χ0) is 29.8. The molecule has 2 amide bonds. The summed E-state index contributed by atoms with van der Waals surface area (Å²) in [5, 5.41) is 25.7. The molecule has 0 spiro atoms. The highest BCUT2D eigenvalue weighted by molar-refractivity contribution is 7.15. The fourth-order valence-corrected chi connectivity index (χ4v) is 7.21. The first kappa shape index (κ1) is 28.8. The summed E-state index contributed by atoms with van der Waals surface area (Å²) in [4.78, 5) is 35.4. The van der Waals surface area contributed by atoms with E-state index in [9.17, 15) is 9.59 Å². The molecule has 0 bridgehead atoms. The van der Waals surface area contributed by atoms with Gasteiger partial charge < -0.3 is 21.3 Å². The number of amides is 2. The van der Waals surface area contributed by atoms with Crippen LogP contribution in [0.25, 0.3) is 4.85 Å². The number of nitrogens with zero attached hydrogens (tertiary/aromatic N) is 7. The van der Waals surface area contributed by atoms with Gasteiger partial charge in [-0.2, -0.15) is 0 Å². The number of nitrogens with two attached hydrogens (primary N) is 1. The van der Waals surface area contributed by atoms with Gasteiger partial charge in [0.15, 0.2) is 5.69 Å². The summed E-state index contributed by atoms with van der Waals surface area (Å²) in [6.07, 6.45) is 4.15. The Morgan fingerprint density at radius 1 is 0.930 bits per heavy atom. The van der Waals surface area contributed by atoms with Crippen molar-refractivity contribution in [2.24, 2.45) is 5.73 Å². The average molecular weight is 615 g/mol. The molecule has 0 radical (unpaired) electrons. The zero-order valence-electron chi connectivity index (χ0n) is 23.3. The molecule has 0 unspecified atom stereocenters. The molecule has 6 rings (SSSR count). The zero-order valence-corrected chi connectivity index (χ0v) is 24.9. The van der Waals surface area contributed by atoms with Crippen LogP contribution < -0.4 is 21.3 Å². The molecule has 43 heavy (non-hydrogen) atoms. The number of carbonyl (C=O) groups is 2. The molecule has 14 heteroatoms. The standard InChI is InChI=1S/C29H30N10O2S2/c1-31-21-8-2-5-17(11-21)12-24(40)33-28-37-35-26(42-28)18-6-3-7-19(13-18)27-36-38-29(43-27)34-25(41)14-22-9-4-10-23(32-22)39-15-20(30)16-39/h2,4-5,8-11,18-20H,3,6-7,12-16,30H2,(H,33,37,40)(H,34,38,41)/t18-,19-/m0/s1. The van der Waals surface area contributed by atoms with Crippen LogP contribution in [-0.4, -0.2) is 56.3 Å². The van der Waals surface area contributed by atoms with E-state index in [4.69, 9.17) is 12.3 Å². The van der Waals surface area contributed by atoms with Crippen molar-refractivity contribution in [3.05, 3.63) is 75.2 Å². The number of pyridine rings is 1. The number of nitrogens with one attached hydrogen (secondary N) is 2. The third-order valence-corrected chi connectivity index (χ3v) is 9.52. The summed E-state index contributed by atoms with van der Waals surface area (Å²) in [7, 11) is 0. The Kier molecular flexibility index (Phi) is 8.64. The first-order chi connectivity index (χ1) is 20.9. The van der Waals surface area contributed by atoms with Gasteiger partial charge in [-0.1, -0.05) is 59.4 Å². The molecule has 1 aliphatic carbocycles. The van der Waals surface area contributed by atoms with Gasteiger partial charge in [-0.15, -0.1) is 20.4 Å². The van der Waals surface area contributed by atoms with Gasteiger partial charge in [0.1, 0.15) is 15.8 Å². The molecule has 1 saturated heterocycles. The lowest BCUT2D eigenvalue weighted by Gasteiger charge is -2.37. The van der Waals surface area contributed by atoms with E-state index in [2.05, 4.69) is 45.8 Å². The third-order valence-electron chi connectivity index (χ3n) is 7.52. The lowest BCUT2D eigenvalue weighted by atomic mass is 9.82. The second kappa shape index (κ2) is 12.9. The van der Waals surface area contributed by atoms with Gasteiger partial charge in [-0.25, -0.2) is 9.83 Å². The van der Waals surface area contributed by atoms with Crippen LogP contribution in [0.2, 0.25) is 0 Å². The molecule has 2 fully saturated rings. The fourth-order valence-electron chi connectivity index (χ4n) is 5.39. The van der Waals surface area contributed by atoms with Crippen LogP contribution in [0, 0.1) is 6.57 Å². The topological polar surface area (TPSA) is 156 Å². The smallest absolute Gasteiger partial charge is 0.232 e. The SMILES string of the molecule is [C-]#[N+]c1cccc(CC(=O)Nc2nnc([C@H]3CCC[C@H](c4nnc(NC(=O)Cc5cccc(N6CC(N)C6)n5)s4)C3)s2)c1. The first-order valence-corrected chi connectivity index (χ1v) is 15.7. The molecular formula is C29H30N10O2S2. The van der Waals surface area contributed by atoms with Gasteiger partial charge in [0.25, 0.3) is 0 Å². The number of hydrogen-bond donors (Lipinski definition) is 3. The maximum Gasteiger partial charge on any atom is 0.232 e. The molecule has 2 aliphatic rings. The second-order valence-electron chi connectivity index (χ2n) is 10.8. The third kappa shape index (κ3) is 7.19. The Labute approximate surface area is 256 Å². The number of benzene rings is 1. The Balaban J connectivity index is 1.01. The maximum atomic E-state index is 12.7. The van der Waals surface area contributed by atoms with Crippen LogP contribution in [0.15, 0.2) is 42.5 Å². The fraction of sp³-hybridized carbons (Fsp3) is 0.379. The Morgan fingerprint density at radius 3 is 2.23 bits per heavy atom. The minimum absolute atomic E-state index is 0.150. The van der Waals surface area contributed by atoms with E-state index in [-0.39, 0.29) is 42.5 Å². The normalized spacial score (nSPS) is 18.5. The van der Waals surface area contributed by atoms with Gasteiger partial charge >= 0.3 is 0 Å². The number of rotatable bonds is 9. The highest BCUT2D eigenvalue weighted by atomic mass is 32.1. The quantitative estimate of drug-likeness (QED) is 0.234. The van der Waals surface area contributed by atoms with Crippen molar-refractivity contribution >= 4 is 56.3 Å². The highest BCUT2D eigenvalue weighted by Gasteiger charge is 2.30. The van der Waals surface area contributed by atoms with E-state index in [0.29, 0.717) is 21.6 Å². The molecule has 4 N–H and O–H groups in total. The van der Waals surface area contributed by atoms with E-state index < -0.39 is 0 Å². The summed E-state index contributed by atoms with van der Waals surface area (Å²) in [5.74, 6) is 0.874. The van der Waals surface area contributed by atoms with Crippen molar-refractivity contribution in [3.63, 3.8) is 0 Å².